The zero-order valence-corrected chi connectivity index (χ0v) is 18.4. The van der Waals surface area contributed by atoms with Crippen LogP contribution in [0.4, 0.5) is 5.69 Å². The summed E-state index contributed by atoms with van der Waals surface area (Å²) in [4.78, 5) is 29.8. The van der Waals surface area contributed by atoms with Crippen LogP contribution in [0.15, 0.2) is 52.0 Å². The van der Waals surface area contributed by atoms with Crippen LogP contribution in [0.1, 0.15) is 0 Å². The maximum Gasteiger partial charge on any atom is 0.267 e. The Morgan fingerprint density at radius 1 is 1.12 bits per heavy atom. The van der Waals surface area contributed by atoms with Gasteiger partial charge in [0, 0.05) is 16.7 Å². The molecule has 11 heteroatoms. The molecule has 9 nitrogen and oxygen atoms in total. The van der Waals surface area contributed by atoms with Crippen LogP contribution in [0.3, 0.4) is 0 Å². The maximum atomic E-state index is 13.1. The third-order valence-corrected chi connectivity index (χ3v) is 5.19. The molecule has 1 N–H and O–H groups in total. The average Bonchev–Trinajstić information content (AvgIpc) is 3.21. The van der Waals surface area contributed by atoms with Gasteiger partial charge in [0.25, 0.3) is 11.3 Å². The van der Waals surface area contributed by atoms with Crippen molar-refractivity contribution in [3.05, 3.63) is 63.1 Å². The molecule has 2 heterocycles. The molecular weight excluding hydrogens is 459 g/mol. The number of rotatable bonds is 6. The first kappa shape index (κ1) is 21.7. The van der Waals surface area contributed by atoms with Crippen molar-refractivity contribution in [2.45, 2.75) is 6.54 Å². The summed E-state index contributed by atoms with van der Waals surface area (Å²) in [6.07, 6.45) is 1.22. The maximum absolute atomic E-state index is 13.1. The van der Waals surface area contributed by atoms with Crippen molar-refractivity contribution in [3.8, 4) is 22.8 Å². The monoisotopic (exact) mass is 474 g/mol. The second kappa shape index (κ2) is 8.89. The smallest absolute Gasteiger partial charge is 0.267 e. The highest BCUT2D eigenvalue weighted by Crippen LogP contribution is 2.35. The van der Waals surface area contributed by atoms with Crippen molar-refractivity contribution >= 4 is 45.9 Å². The summed E-state index contributed by atoms with van der Waals surface area (Å²) >= 11 is 12.1. The molecule has 0 radical (unpaired) electrons. The van der Waals surface area contributed by atoms with Gasteiger partial charge in [0.1, 0.15) is 35.5 Å². The van der Waals surface area contributed by atoms with E-state index in [-0.39, 0.29) is 17.6 Å². The molecule has 2 aromatic heterocycles. The molecular formula is C21H16Cl2N4O5. The molecule has 0 saturated heterocycles. The number of fused-ring (bicyclic) bond motifs is 1. The van der Waals surface area contributed by atoms with Crippen LogP contribution in [0.2, 0.25) is 10.0 Å². The third-order valence-electron chi connectivity index (χ3n) is 4.64. The quantitative estimate of drug-likeness (QED) is 0.449. The van der Waals surface area contributed by atoms with Gasteiger partial charge in [0.15, 0.2) is 0 Å². The lowest BCUT2D eigenvalue weighted by Crippen LogP contribution is -2.28. The van der Waals surface area contributed by atoms with Gasteiger partial charge in [-0.25, -0.2) is 4.98 Å². The molecule has 0 fully saturated rings. The molecule has 0 spiro atoms. The second-order valence-electron chi connectivity index (χ2n) is 6.63. The molecule has 0 aliphatic carbocycles. The number of halogens is 2. The summed E-state index contributed by atoms with van der Waals surface area (Å²) in [5.74, 6) is 0.261. The molecule has 0 unspecified atom stereocenters. The molecule has 4 rings (SSSR count). The summed E-state index contributed by atoms with van der Waals surface area (Å²) in [5, 5.41) is 7.63. The van der Waals surface area contributed by atoms with Crippen LogP contribution in [-0.2, 0) is 11.3 Å². The Bertz CT molecular complexity index is 1370. The second-order valence-corrected chi connectivity index (χ2v) is 7.47. The van der Waals surface area contributed by atoms with E-state index in [0.717, 1.165) is 4.57 Å². The zero-order valence-electron chi connectivity index (χ0n) is 16.9. The molecule has 0 bridgehead atoms. The normalized spacial score (nSPS) is 10.9. The fraction of sp³-hybridized carbons (Fsp3) is 0.143. The number of nitrogens with zero attached hydrogens (tertiary/aromatic N) is 3. The van der Waals surface area contributed by atoms with E-state index in [9.17, 15) is 9.59 Å². The van der Waals surface area contributed by atoms with Gasteiger partial charge in [-0.15, -0.1) is 0 Å². The molecule has 32 heavy (non-hydrogen) atoms. The Balaban J connectivity index is 1.64. The highest BCUT2D eigenvalue weighted by atomic mass is 35.5. The Morgan fingerprint density at radius 3 is 2.53 bits per heavy atom. The van der Waals surface area contributed by atoms with E-state index in [0.29, 0.717) is 38.5 Å². The largest absolute Gasteiger partial charge is 0.495 e. The van der Waals surface area contributed by atoms with E-state index in [1.54, 1.807) is 30.3 Å². The molecule has 0 aliphatic rings. The average molecular weight is 475 g/mol. The fourth-order valence-corrected chi connectivity index (χ4v) is 3.47. The first-order valence-corrected chi connectivity index (χ1v) is 9.99. The summed E-state index contributed by atoms with van der Waals surface area (Å²) in [6, 6.07) is 9.82. The zero-order chi connectivity index (χ0) is 22.8. The van der Waals surface area contributed by atoms with Gasteiger partial charge in [-0.2, -0.15) is 0 Å². The van der Waals surface area contributed by atoms with E-state index in [2.05, 4.69) is 15.5 Å². The first-order chi connectivity index (χ1) is 15.4. The number of carbonyl (C=O) groups excluding carboxylic acids is 1. The van der Waals surface area contributed by atoms with Gasteiger partial charge < -0.3 is 19.3 Å². The topological polar surface area (TPSA) is 108 Å². The number of hydrogen-bond acceptors (Lipinski definition) is 7. The molecule has 164 valence electrons. The number of nitrogens with one attached hydrogen (secondary N) is 1. The lowest BCUT2D eigenvalue weighted by Gasteiger charge is -2.13. The number of methoxy groups -OCH3 is 2. The number of amides is 1. The van der Waals surface area contributed by atoms with Gasteiger partial charge in [-0.05, 0) is 18.2 Å². The van der Waals surface area contributed by atoms with E-state index >= 15 is 0 Å². The van der Waals surface area contributed by atoms with Gasteiger partial charge >= 0.3 is 0 Å². The van der Waals surface area contributed by atoms with Crippen molar-refractivity contribution in [1.29, 1.82) is 0 Å². The van der Waals surface area contributed by atoms with Crippen molar-refractivity contribution in [2.75, 3.05) is 19.5 Å². The highest BCUT2D eigenvalue weighted by molar-refractivity contribution is 6.32. The summed E-state index contributed by atoms with van der Waals surface area (Å²) in [5.41, 5.74) is 0.868. The van der Waals surface area contributed by atoms with E-state index in [1.807, 2.05) is 0 Å². The molecule has 0 atom stereocenters. The first-order valence-electron chi connectivity index (χ1n) is 9.23. The number of carbonyl (C=O) groups is 1. The summed E-state index contributed by atoms with van der Waals surface area (Å²) < 4.78 is 16.8. The Morgan fingerprint density at radius 2 is 1.84 bits per heavy atom. The van der Waals surface area contributed by atoms with Crippen molar-refractivity contribution < 1.29 is 18.8 Å². The van der Waals surface area contributed by atoms with E-state index in [4.69, 9.17) is 37.2 Å². The Hall–Kier alpha value is -3.56. The van der Waals surface area contributed by atoms with Crippen LogP contribution < -0.4 is 20.3 Å². The lowest BCUT2D eigenvalue weighted by atomic mass is 10.1. The number of benzene rings is 2. The van der Waals surface area contributed by atoms with Crippen molar-refractivity contribution in [3.63, 3.8) is 0 Å². The molecule has 1 amide bonds. The van der Waals surface area contributed by atoms with Crippen LogP contribution in [0.5, 0.6) is 11.5 Å². The fourth-order valence-electron chi connectivity index (χ4n) is 3.10. The van der Waals surface area contributed by atoms with Gasteiger partial charge in [0.2, 0.25) is 5.91 Å². The van der Waals surface area contributed by atoms with E-state index in [1.165, 1.54) is 26.6 Å². The number of anilines is 1. The summed E-state index contributed by atoms with van der Waals surface area (Å²) in [6.45, 7) is -0.306. The molecule has 0 aliphatic heterocycles. The lowest BCUT2D eigenvalue weighted by molar-refractivity contribution is -0.116. The minimum atomic E-state index is -0.489. The predicted octanol–water partition coefficient (Wildman–Crippen LogP) is 4.01. The van der Waals surface area contributed by atoms with E-state index < -0.39 is 11.5 Å². The number of ether oxygens (including phenoxy) is 2. The van der Waals surface area contributed by atoms with Gasteiger partial charge in [-0.1, -0.05) is 40.5 Å². The highest BCUT2D eigenvalue weighted by Gasteiger charge is 2.19. The van der Waals surface area contributed by atoms with Crippen LogP contribution in [0, 0.1) is 0 Å². The Kier molecular flexibility index (Phi) is 6.02. The van der Waals surface area contributed by atoms with Crippen molar-refractivity contribution in [2.24, 2.45) is 0 Å². The minimum Gasteiger partial charge on any atom is -0.495 e. The summed E-state index contributed by atoms with van der Waals surface area (Å²) in [7, 11) is 2.92. The third kappa shape index (κ3) is 4.12. The molecule has 4 aromatic rings. The predicted molar refractivity (Wildman–Crippen MR) is 120 cm³/mol. The van der Waals surface area contributed by atoms with Crippen LogP contribution in [0.25, 0.3) is 22.4 Å². The number of aromatic nitrogens is 3. The number of hydrogen-bond donors (Lipinski definition) is 1. The molecule has 0 saturated carbocycles. The van der Waals surface area contributed by atoms with Crippen molar-refractivity contribution in [1.82, 2.24) is 14.7 Å². The Labute approximate surface area is 191 Å². The standard InChI is InChI=1S/C21H16Cl2N4O5/c1-30-15-8-16(31-2)14(7-13(15)23)25-17(28)9-27-10-24-20-18(21(27)29)19(26-32-20)11-3-5-12(22)6-4-11/h3-8,10H,9H2,1-2H3,(H,25,28). The van der Waals surface area contributed by atoms with Crippen LogP contribution >= 0.6 is 23.2 Å². The SMILES string of the molecule is COc1cc(OC)c(NC(=O)Cn2cnc3onc(-c4ccc(Cl)cc4)c3c2=O)cc1Cl. The van der Waals surface area contributed by atoms with Gasteiger partial charge in [-0.3, -0.25) is 14.2 Å². The van der Waals surface area contributed by atoms with Gasteiger partial charge in [0.05, 0.1) is 24.9 Å². The minimum absolute atomic E-state index is 0.0696. The molecule has 2 aromatic carbocycles. The van der Waals surface area contributed by atoms with Crippen LogP contribution in [-0.4, -0.2) is 34.8 Å².